The Hall–Kier alpha value is -2.10. The maximum atomic E-state index is 4.24. The second-order valence-corrected chi connectivity index (χ2v) is 3.41. The molecule has 0 bridgehead atoms. The molecule has 0 aliphatic rings. The fraction of sp³-hybridized carbons (Fsp3) is 0.167. The van der Waals surface area contributed by atoms with Gasteiger partial charge in [-0.1, -0.05) is 18.2 Å². The van der Waals surface area contributed by atoms with Crippen molar-refractivity contribution in [2.45, 2.75) is 0 Å². The van der Waals surface area contributed by atoms with Crippen LogP contribution in [0, 0.1) is 0 Å². The Morgan fingerprint density at radius 1 is 1.12 bits per heavy atom. The van der Waals surface area contributed by atoms with E-state index in [9.17, 15) is 0 Å². The first-order valence-electron chi connectivity index (χ1n) is 5.10. The summed E-state index contributed by atoms with van der Waals surface area (Å²) < 4.78 is 0. The molecular weight excluding hydrogens is 200 g/mol. The zero-order valence-electron chi connectivity index (χ0n) is 9.38. The molecule has 1 heterocycles. The molecule has 2 rings (SSSR count). The van der Waals surface area contributed by atoms with Crippen LogP contribution >= 0.6 is 0 Å². The lowest BCUT2D eigenvalue weighted by molar-refractivity contribution is 1.08. The van der Waals surface area contributed by atoms with Crippen molar-refractivity contribution in [1.82, 2.24) is 9.97 Å². The van der Waals surface area contributed by atoms with Gasteiger partial charge in [0, 0.05) is 25.8 Å². The normalized spacial score (nSPS) is 9.88. The standard InChI is InChI=1S/C12H14N4/c1-13-11-8-12(15-9-14-11)16(2)10-6-4-3-5-7-10/h3-9H,1-2H3,(H,13,14,15). The topological polar surface area (TPSA) is 41.0 Å². The Kier molecular flexibility index (Phi) is 3.00. The molecule has 2 aromatic rings. The molecule has 1 aromatic carbocycles. The van der Waals surface area contributed by atoms with Gasteiger partial charge in [-0.2, -0.15) is 0 Å². The van der Waals surface area contributed by atoms with Gasteiger partial charge in [0.1, 0.15) is 18.0 Å². The summed E-state index contributed by atoms with van der Waals surface area (Å²) >= 11 is 0. The lowest BCUT2D eigenvalue weighted by Crippen LogP contribution is -2.11. The van der Waals surface area contributed by atoms with E-state index in [1.165, 1.54) is 0 Å². The maximum absolute atomic E-state index is 4.24. The molecular formula is C12H14N4. The Morgan fingerprint density at radius 3 is 2.56 bits per heavy atom. The fourth-order valence-corrected chi connectivity index (χ4v) is 1.45. The second-order valence-electron chi connectivity index (χ2n) is 3.41. The van der Waals surface area contributed by atoms with Crippen molar-refractivity contribution in [3.8, 4) is 0 Å². The van der Waals surface area contributed by atoms with Crippen molar-refractivity contribution < 1.29 is 0 Å². The molecule has 0 saturated heterocycles. The van der Waals surface area contributed by atoms with Gasteiger partial charge in [-0.3, -0.25) is 0 Å². The summed E-state index contributed by atoms with van der Waals surface area (Å²) in [6.45, 7) is 0. The zero-order valence-corrected chi connectivity index (χ0v) is 9.38. The Bertz CT molecular complexity index is 456. The average molecular weight is 214 g/mol. The minimum atomic E-state index is 0.813. The van der Waals surface area contributed by atoms with Crippen LogP contribution in [0.3, 0.4) is 0 Å². The molecule has 0 fully saturated rings. The van der Waals surface area contributed by atoms with Crippen LogP contribution in [0.15, 0.2) is 42.7 Å². The van der Waals surface area contributed by atoms with Crippen molar-refractivity contribution in [2.75, 3.05) is 24.3 Å². The molecule has 0 spiro atoms. The van der Waals surface area contributed by atoms with E-state index in [-0.39, 0.29) is 0 Å². The van der Waals surface area contributed by atoms with Crippen LogP contribution in [0.5, 0.6) is 0 Å². The van der Waals surface area contributed by atoms with E-state index in [0.29, 0.717) is 0 Å². The first-order chi connectivity index (χ1) is 7.81. The quantitative estimate of drug-likeness (QED) is 0.851. The number of hydrogen-bond acceptors (Lipinski definition) is 4. The third kappa shape index (κ3) is 2.11. The molecule has 4 heteroatoms. The molecule has 1 N–H and O–H groups in total. The molecule has 82 valence electrons. The number of aromatic nitrogens is 2. The lowest BCUT2D eigenvalue weighted by atomic mass is 10.3. The maximum Gasteiger partial charge on any atom is 0.138 e. The van der Waals surface area contributed by atoms with Crippen LogP contribution in [-0.2, 0) is 0 Å². The van der Waals surface area contributed by atoms with E-state index in [2.05, 4.69) is 15.3 Å². The van der Waals surface area contributed by atoms with Crippen LogP contribution in [0.2, 0.25) is 0 Å². The van der Waals surface area contributed by atoms with Gasteiger partial charge in [-0.25, -0.2) is 9.97 Å². The summed E-state index contributed by atoms with van der Waals surface area (Å²) in [6.07, 6.45) is 1.56. The minimum Gasteiger partial charge on any atom is -0.373 e. The van der Waals surface area contributed by atoms with Gasteiger partial charge < -0.3 is 10.2 Å². The number of nitrogens with one attached hydrogen (secondary N) is 1. The molecule has 0 radical (unpaired) electrons. The van der Waals surface area contributed by atoms with E-state index in [1.807, 2.05) is 55.4 Å². The molecule has 1 aromatic heterocycles. The molecule has 0 saturated carbocycles. The Labute approximate surface area is 95.0 Å². The summed E-state index contributed by atoms with van der Waals surface area (Å²) in [4.78, 5) is 10.3. The number of anilines is 3. The molecule has 0 aliphatic heterocycles. The Balaban J connectivity index is 2.30. The predicted molar refractivity (Wildman–Crippen MR) is 66.1 cm³/mol. The molecule has 4 nitrogen and oxygen atoms in total. The first-order valence-corrected chi connectivity index (χ1v) is 5.10. The predicted octanol–water partition coefficient (Wildman–Crippen LogP) is 2.29. The van der Waals surface area contributed by atoms with Crippen LogP contribution < -0.4 is 10.2 Å². The largest absolute Gasteiger partial charge is 0.373 e. The van der Waals surface area contributed by atoms with Crippen LogP contribution in [0.1, 0.15) is 0 Å². The smallest absolute Gasteiger partial charge is 0.138 e. The van der Waals surface area contributed by atoms with Gasteiger partial charge in [0.25, 0.3) is 0 Å². The highest BCUT2D eigenvalue weighted by Gasteiger charge is 2.05. The Morgan fingerprint density at radius 2 is 1.88 bits per heavy atom. The molecule has 0 aliphatic carbocycles. The summed E-state index contributed by atoms with van der Waals surface area (Å²) in [5.41, 5.74) is 1.10. The van der Waals surface area contributed by atoms with Gasteiger partial charge in [0.2, 0.25) is 0 Å². The molecule has 0 atom stereocenters. The zero-order chi connectivity index (χ0) is 11.4. The van der Waals surface area contributed by atoms with Gasteiger partial charge in [0.05, 0.1) is 0 Å². The van der Waals surface area contributed by atoms with Crippen LogP contribution in [-0.4, -0.2) is 24.1 Å². The SMILES string of the molecule is CNc1cc(N(C)c2ccccc2)ncn1. The molecule has 16 heavy (non-hydrogen) atoms. The number of benzene rings is 1. The highest BCUT2D eigenvalue weighted by molar-refractivity contribution is 5.61. The van der Waals surface area contributed by atoms with Crippen molar-refractivity contribution in [1.29, 1.82) is 0 Å². The summed E-state index contributed by atoms with van der Waals surface area (Å²) in [6, 6.07) is 12.0. The van der Waals surface area contributed by atoms with Crippen molar-refractivity contribution >= 4 is 17.3 Å². The van der Waals surface area contributed by atoms with E-state index in [0.717, 1.165) is 17.3 Å². The molecule has 0 amide bonds. The second kappa shape index (κ2) is 4.61. The number of rotatable bonds is 3. The first kappa shape index (κ1) is 10.4. The number of hydrogen-bond donors (Lipinski definition) is 1. The van der Waals surface area contributed by atoms with Crippen LogP contribution in [0.4, 0.5) is 17.3 Å². The van der Waals surface area contributed by atoms with Gasteiger partial charge >= 0.3 is 0 Å². The third-order valence-corrected chi connectivity index (χ3v) is 2.40. The summed E-state index contributed by atoms with van der Waals surface area (Å²) in [5, 5.41) is 3.00. The lowest BCUT2D eigenvalue weighted by Gasteiger charge is -2.18. The fourth-order valence-electron chi connectivity index (χ4n) is 1.45. The van der Waals surface area contributed by atoms with Gasteiger partial charge in [0.15, 0.2) is 0 Å². The van der Waals surface area contributed by atoms with E-state index in [4.69, 9.17) is 0 Å². The summed E-state index contributed by atoms with van der Waals surface area (Å²) in [5.74, 6) is 1.68. The van der Waals surface area contributed by atoms with E-state index >= 15 is 0 Å². The van der Waals surface area contributed by atoms with Crippen molar-refractivity contribution in [2.24, 2.45) is 0 Å². The molecule has 0 unspecified atom stereocenters. The van der Waals surface area contributed by atoms with Crippen molar-refractivity contribution in [3.63, 3.8) is 0 Å². The number of para-hydroxylation sites is 1. The van der Waals surface area contributed by atoms with Gasteiger partial charge in [-0.05, 0) is 12.1 Å². The highest BCUT2D eigenvalue weighted by Crippen LogP contribution is 2.21. The highest BCUT2D eigenvalue weighted by atomic mass is 15.2. The van der Waals surface area contributed by atoms with E-state index < -0.39 is 0 Å². The number of nitrogens with zero attached hydrogens (tertiary/aromatic N) is 3. The van der Waals surface area contributed by atoms with Crippen LogP contribution in [0.25, 0.3) is 0 Å². The summed E-state index contributed by atoms with van der Waals surface area (Å²) in [7, 11) is 3.83. The minimum absolute atomic E-state index is 0.813. The van der Waals surface area contributed by atoms with Crippen molar-refractivity contribution in [3.05, 3.63) is 42.7 Å². The average Bonchev–Trinajstić information content (AvgIpc) is 2.39. The third-order valence-electron chi connectivity index (χ3n) is 2.40. The monoisotopic (exact) mass is 214 g/mol. The van der Waals surface area contributed by atoms with E-state index in [1.54, 1.807) is 6.33 Å². The van der Waals surface area contributed by atoms with Gasteiger partial charge in [-0.15, -0.1) is 0 Å².